The van der Waals surface area contributed by atoms with Crippen LogP contribution in [0.2, 0.25) is 0 Å². The summed E-state index contributed by atoms with van der Waals surface area (Å²) >= 11 is 0. The number of terminal acetylenes is 1. The molecule has 3 nitrogen and oxygen atoms in total. The van der Waals surface area contributed by atoms with Crippen molar-refractivity contribution in [3.8, 4) is 12.3 Å². The van der Waals surface area contributed by atoms with Crippen LogP contribution in [0.25, 0.3) is 0 Å². The lowest BCUT2D eigenvalue weighted by atomic mass is 10.1. The van der Waals surface area contributed by atoms with E-state index < -0.39 is 6.10 Å². The van der Waals surface area contributed by atoms with E-state index in [1.807, 2.05) is 0 Å². The Morgan fingerprint density at radius 3 is 2.81 bits per heavy atom. The van der Waals surface area contributed by atoms with E-state index in [0.29, 0.717) is 12.6 Å². The highest BCUT2D eigenvalue weighted by molar-refractivity contribution is 5.22. The molecule has 0 aromatic heterocycles. The van der Waals surface area contributed by atoms with Crippen LogP contribution in [-0.4, -0.2) is 41.9 Å². The van der Waals surface area contributed by atoms with Crippen molar-refractivity contribution in [3.05, 3.63) is 35.4 Å². The maximum absolute atomic E-state index is 10.1. The maximum atomic E-state index is 10.1. The Morgan fingerprint density at radius 2 is 2.19 bits per heavy atom. The number of aliphatic hydroxyl groups excluding tert-OH is 1. The number of rotatable bonds is 9. The Morgan fingerprint density at radius 1 is 1.43 bits per heavy atom. The topological polar surface area (TPSA) is 32.7 Å². The first-order valence-electron chi connectivity index (χ1n) is 7.55. The third-order valence-corrected chi connectivity index (χ3v) is 3.62. The van der Waals surface area contributed by atoms with Crippen LogP contribution < -0.4 is 0 Å². The molecule has 1 N–H and O–H groups in total. The summed E-state index contributed by atoms with van der Waals surface area (Å²) in [6, 6.07) is 8.90. The smallest absolute Gasteiger partial charge is 0.107 e. The molecule has 21 heavy (non-hydrogen) atoms. The molecule has 0 saturated heterocycles. The fraction of sp³-hybridized carbons (Fsp3) is 0.556. The molecule has 1 aromatic carbocycles. The molecule has 0 bridgehead atoms. The average molecular weight is 289 g/mol. The Labute approximate surface area is 128 Å². The van der Waals surface area contributed by atoms with Crippen LogP contribution in [-0.2, 0) is 11.3 Å². The van der Waals surface area contributed by atoms with Gasteiger partial charge in [0.25, 0.3) is 0 Å². The lowest BCUT2D eigenvalue weighted by Gasteiger charge is -2.30. The number of hydrogen-bond donors (Lipinski definition) is 1. The summed E-state index contributed by atoms with van der Waals surface area (Å²) in [5.41, 5.74) is 2.53. The Kier molecular flexibility index (Phi) is 8.07. The van der Waals surface area contributed by atoms with Gasteiger partial charge < -0.3 is 9.84 Å². The molecule has 0 unspecified atom stereocenters. The van der Waals surface area contributed by atoms with Gasteiger partial charge >= 0.3 is 0 Å². The molecule has 0 amide bonds. The van der Waals surface area contributed by atoms with Crippen LogP contribution in [0, 0.1) is 19.3 Å². The van der Waals surface area contributed by atoms with Crippen molar-refractivity contribution in [3.63, 3.8) is 0 Å². The minimum Gasteiger partial charge on any atom is -0.389 e. The van der Waals surface area contributed by atoms with Crippen LogP contribution in [0.4, 0.5) is 0 Å². The highest BCUT2D eigenvalue weighted by Crippen LogP contribution is 2.13. The molecule has 0 aliphatic carbocycles. The highest BCUT2D eigenvalue weighted by Gasteiger charge is 2.17. The number of benzene rings is 1. The second kappa shape index (κ2) is 9.57. The van der Waals surface area contributed by atoms with E-state index in [1.165, 1.54) is 11.1 Å². The first-order chi connectivity index (χ1) is 10.1. The monoisotopic (exact) mass is 289 g/mol. The molecule has 0 radical (unpaired) electrons. The fourth-order valence-electron chi connectivity index (χ4n) is 2.28. The molecular weight excluding hydrogens is 262 g/mol. The van der Waals surface area contributed by atoms with Crippen molar-refractivity contribution in [2.45, 2.75) is 45.9 Å². The lowest BCUT2D eigenvalue weighted by Crippen LogP contribution is -2.40. The summed E-state index contributed by atoms with van der Waals surface area (Å²) in [7, 11) is 0. The van der Waals surface area contributed by atoms with Gasteiger partial charge in [-0.25, -0.2) is 0 Å². The fourth-order valence-corrected chi connectivity index (χ4v) is 2.28. The standard InChI is InChI=1S/C18H27NO2/c1-5-10-21-14-18(20)13-19(16(4)6-2)12-17-9-7-8-15(3)11-17/h1,7-9,11,16,18,20H,6,10,12-14H2,2-4H3/t16-,18-/m0/s1. The van der Waals surface area contributed by atoms with Gasteiger partial charge in [0.05, 0.1) is 12.7 Å². The Balaban J connectivity index is 2.61. The largest absolute Gasteiger partial charge is 0.389 e. The van der Waals surface area contributed by atoms with Crippen molar-refractivity contribution in [2.75, 3.05) is 19.8 Å². The second-order valence-electron chi connectivity index (χ2n) is 5.55. The molecule has 0 heterocycles. The summed E-state index contributed by atoms with van der Waals surface area (Å²) in [5.74, 6) is 2.41. The van der Waals surface area contributed by atoms with Crippen LogP contribution in [0.5, 0.6) is 0 Å². The molecule has 0 spiro atoms. The molecule has 3 heteroatoms. The van der Waals surface area contributed by atoms with Gasteiger partial charge in [-0.2, -0.15) is 0 Å². The summed E-state index contributed by atoms with van der Waals surface area (Å²) in [6.45, 7) is 8.40. The predicted molar refractivity (Wildman–Crippen MR) is 87.0 cm³/mol. The minimum atomic E-state index is -0.517. The van der Waals surface area contributed by atoms with Gasteiger partial charge in [0.1, 0.15) is 6.61 Å². The number of nitrogens with zero attached hydrogens (tertiary/aromatic N) is 1. The number of aryl methyl sites for hydroxylation is 1. The molecule has 116 valence electrons. The van der Waals surface area contributed by atoms with Crippen molar-refractivity contribution < 1.29 is 9.84 Å². The van der Waals surface area contributed by atoms with E-state index in [0.717, 1.165) is 13.0 Å². The minimum absolute atomic E-state index is 0.248. The third kappa shape index (κ3) is 6.77. The number of aliphatic hydroxyl groups is 1. The van der Waals surface area contributed by atoms with Gasteiger partial charge in [-0.15, -0.1) is 6.42 Å². The molecule has 0 aliphatic rings. The van der Waals surface area contributed by atoms with E-state index in [9.17, 15) is 5.11 Å². The third-order valence-electron chi connectivity index (χ3n) is 3.62. The van der Waals surface area contributed by atoms with E-state index >= 15 is 0 Å². The van der Waals surface area contributed by atoms with E-state index in [-0.39, 0.29) is 13.2 Å². The average Bonchev–Trinajstić information content (AvgIpc) is 2.46. The van der Waals surface area contributed by atoms with Crippen LogP contribution in [0.3, 0.4) is 0 Å². The number of hydrogen-bond acceptors (Lipinski definition) is 3. The Hall–Kier alpha value is -1.34. The molecule has 0 aliphatic heterocycles. The van der Waals surface area contributed by atoms with Gasteiger partial charge in [0.15, 0.2) is 0 Å². The highest BCUT2D eigenvalue weighted by atomic mass is 16.5. The van der Waals surface area contributed by atoms with Crippen molar-refractivity contribution >= 4 is 0 Å². The van der Waals surface area contributed by atoms with Gasteiger partial charge in [-0.3, -0.25) is 4.90 Å². The van der Waals surface area contributed by atoms with E-state index in [2.05, 4.69) is 55.9 Å². The zero-order valence-electron chi connectivity index (χ0n) is 13.4. The normalized spacial score (nSPS) is 13.9. The van der Waals surface area contributed by atoms with Crippen LogP contribution >= 0.6 is 0 Å². The van der Waals surface area contributed by atoms with Gasteiger partial charge in [0.2, 0.25) is 0 Å². The van der Waals surface area contributed by atoms with Gasteiger partial charge in [-0.1, -0.05) is 42.7 Å². The van der Waals surface area contributed by atoms with Crippen LogP contribution in [0.1, 0.15) is 31.4 Å². The summed E-state index contributed by atoms with van der Waals surface area (Å²) in [4.78, 5) is 2.29. The Bertz CT molecular complexity index is 453. The van der Waals surface area contributed by atoms with Crippen LogP contribution in [0.15, 0.2) is 24.3 Å². The van der Waals surface area contributed by atoms with E-state index in [1.54, 1.807) is 0 Å². The first kappa shape index (κ1) is 17.7. The van der Waals surface area contributed by atoms with Crippen molar-refractivity contribution in [1.29, 1.82) is 0 Å². The molecular formula is C18H27NO2. The SMILES string of the molecule is C#CCOC[C@@H](O)CN(Cc1cccc(C)c1)[C@@H](C)CC. The summed E-state index contributed by atoms with van der Waals surface area (Å²) < 4.78 is 5.22. The lowest BCUT2D eigenvalue weighted by molar-refractivity contribution is 0.0170. The first-order valence-corrected chi connectivity index (χ1v) is 7.55. The molecule has 1 aromatic rings. The molecule has 1 rings (SSSR count). The quantitative estimate of drug-likeness (QED) is 0.560. The zero-order chi connectivity index (χ0) is 15.7. The molecule has 2 atom stereocenters. The second-order valence-corrected chi connectivity index (χ2v) is 5.55. The van der Waals surface area contributed by atoms with E-state index in [4.69, 9.17) is 11.2 Å². The zero-order valence-corrected chi connectivity index (χ0v) is 13.4. The van der Waals surface area contributed by atoms with Gasteiger partial charge in [0, 0.05) is 19.1 Å². The van der Waals surface area contributed by atoms with Crippen molar-refractivity contribution in [2.24, 2.45) is 0 Å². The van der Waals surface area contributed by atoms with Crippen molar-refractivity contribution in [1.82, 2.24) is 4.90 Å². The summed E-state index contributed by atoms with van der Waals surface area (Å²) in [5, 5.41) is 10.1. The maximum Gasteiger partial charge on any atom is 0.107 e. The molecule has 0 saturated carbocycles. The predicted octanol–water partition coefficient (Wildman–Crippen LogP) is 2.61. The number of ether oxygens (including phenoxy) is 1. The van der Waals surface area contributed by atoms with Gasteiger partial charge in [-0.05, 0) is 25.8 Å². The molecule has 0 fully saturated rings. The summed E-state index contributed by atoms with van der Waals surface area (Å²) in [6.07, 6.45) is 5.66.